The van der Waals surface area contributed by atoms with Crippen LogP contribution in [0.25, 0.3) is 5.57 Å². The maximum absolute atomic E-state index is 12.4. The predicted molar refractivity (Wildman–Crippen MR) is 98.0 cm³/mol. The van der Waals surface area contributed by atoms with Crippen LogP contribution in [-0.2, 0) is 14.3 Å². The molecule has 1 aliphatic heterocycles. The molecule has 136 valence electrons. The van der Waals surface area contributed by atoms with Crippen molar-refractivity contribution in [1.29, 1.82) is 0 Å². The Morgan fingerprint density at radius 1 is 1.28 bits per heavy atom. The molecular formula is C17H18Cl3NO4. The summed E-state index contributed by atoms with van der Waals surface area (Å²) in [6.07, 6.45) is -0.116. The zero-order chi connectivity index (χ0) is 18.6. The summed E-state index contributed by atoms with van der Waals surface area (Å²) in [5.41, 5.74) is 1.20. The number of nitrogens with zero attached hydrogens (tertiary/aromatic N) is 1. The normalized spacial score (nSPS) is 15.8. The lowest BCUT2D eigenvalue weighted by Gasteiger charge is -2.30. The summed E-state index contributed by atoms with van der Waals surface area (Å²) in [7, 11) is 0. The molecule has 0 radical (unpaired) electrons. The van der Waals surface area contributed by atoms with Gasteiger partial charge < -0.3 is 14.4 Å². The van der Waals surface area contributed by atoms with Gasteiger partial charge in [0.2, 0.25) is 0 Å². The average molecular weight is 407 g/mol. The third-order valence-corrected chi connectivity index (χ3v) is 4.48. The third-order valence-electron chi connectivity index (χ3n) is 3.66. The van der Waals surface area contributed by atoms with E-state index in [2.05, 4.69) is 0 Å². The monoisotopic (exact) mass is 405 g/mol. The maximum atomic E-state index is 12.4. The number of hydrogen-bond donors (Lipinski definition) is 0. The van der Waals surface area contributed by atoms with E-state index in [1.165, 1.54) is 4.90 Å². The van der Waals surface area contributed by atoms with Crippen molar-refractivity contribution >= 4 is 52.4 Å². The van der Waals surface area contributed by atoms with Crippen molar-refractivity contribution in [3.05, 3.63) is 39.4 Å². The Labute approximate surface area is 161 Å². The third kappa shape index (κ3) is 5.03. The Hall–Kier alpha value is -1.43. The van der Waals surface area contributed by atoms with E-state index < -0.39 is 17.6 Å². The molecule has 0 bridgehead atoms. The number of amides is 1. The highest BCUT2D eigenvalue weighted by atomic mass is 35.5. The van der Waals surface area contributed by atoms with Crippen LogP contribution >= 0.6 is 34.8 Å². The fourth-order valence-corrected chi connectivity index (χ4v) is 2.91. The van der Waals surface area contributed by atoms with Crippen LogP contribution in [0.5, 0.6) is 0 Å². The molecule has 1 amide bonds. The maximum Gasteiger partial charge on any atom is 0.411 e. The highest BCUT2D eigenvalue weighted by molar-refractivity contribution is 6.42. The predicted octanol–water partition coefficient (Wildman–Crippen LogP) is 4.74. The number of carbonyl (C=O) groups excluding carboxylic acids is 2. The molecule has 1 heterocycles. The lowest BCUT2D eigenvalue weighted by molar-refractivity contribution is -0.138. The van der Waals surface area contributed by atoms with E-state index in [1.54, 1.807) is 32.0 Å². The van der Waals surface area contributed by atoms with Crippen molar-refractivity contribution in [3.8, 4) is 0 Å². The number of halogens is 3. The van der Waals surface area contributed by atoms with Crippen molar-refractivity contribution in [1.82, 2.24) is 4.90 Å². The van der Waals surface area contributed by atoms with Crippen molar-refractivity contribution in [2.45, 2.75) is 25.8 Å². The number of benzene rings is 1. The van der Waals surface area contributed by atoms with Crippen molar-refractivity contribution < 1.29 is 19.1 Å². The minimum Gasteiger partial charge on any atom is -0.463 e. The first-order valence-electron chi connectivity index (χ1n) is 7.77. The molecule has 1 aromatic rings. The van der Waals surface area contributed by atoms with Crippen LogP contribution in [0.2, 0.25) is 10.0 Å². The van der Waals surface area contributed by atoms with Crippen LogP contribution in [0.15, 0.2) is 23.8 Å². The van der Waals surface area contributed by atoms with Gasteiger partial charge >= 0.3 is 12.1 Å². The Balaban J connectivity index is 2.36. The molecule has 0 aromatic heterocycles. The first-order chi connectivity index (χ1) is 11.8. The van der Waals surface area contributed by atoms with Crippen LogP contribution in [0.1, 0.15) is 25.8 Å². The van der Waals surface area contributed by atoms with E-state index in [1.807, 2.05) is 0 Å². The zero-order valence-electron chi connectivity index (χ0n) is 13.9. The molecular weight excluding hydrogens is 389 g/mol. The molecule has 5 nitrogen and oxygen atoms in total. The molecule has 0 spiro atoms. The van der Waals surface area contributed by atoms with Crippen LogP contribution in [0.3, 0.4) is 0 Å². The first-order valence-corrected chi connectivity index (χ1v) is 8.97. The van der Waals surface area contributed by atoms with Gasteiger partial charge in [0.15, 0.2) is 5.56 Å². The van der Waals surface area contributed by atoms with E-state index in [-0.39, 0.29) is 13.2 Å². The Kier molecular flexibility index (Phi) is 6.99. The van der Waals surface area contributed by atoms with Crippen molar-refractivity contribution in [2.75, 3.05) is 19.7 Å². The van der Waals surface area contributed by atoms with E-state index in [9.17, 15) is 9.59 Å². The topological polar surface area (TPSA) is 55.8 Å². The first kappa shape index (κ1) is 19.9. The number of ether oxygens (including phenoxy) is 2. The fourth-order valence-electron chi connectivity index (χ4n) is 2.54. The smallest absolute Gasteiger partial charge is 0.411 e. The summed E-state index contributed by atoms with van der Waals surface area (Å²) < 4.78 is 10.1. The highest BCUT2D eigenvalue weighted by Crippen LogP contribution is 2.32. The Bertz CT molecular complexity index is 703. The fraction of sp³-hybridized carbons (Fsp3) is 0.412. The van der Waals surface area contributed by atoms with Gasteiger partial charge in [-0.1, -0.05) is 40.9 Å². The zero-order valence-corrected chi connectivity index (χ0v) is 16.1. The van der Waals surface area contributed by atoms with E-state index in [0.717, 1.165) is 11.1 Å². The molecule has 0 aliphatic carbocycles. The van der Waals surface area contributed by atoms with Crippen molar-refractivity contribution in [3.63, 3.8) is 0 Å². The van der Waals surface area contributed by atoms with Crippen LogP contribution in [0.4, 0.5) is 4.79 Å². The minimum absolute atomic E-state index is 0.0802. The quantitative estimate of drug-likeness (QED) is 0.535. The summed E-state index contributed by atoms with van der Waals surface area (Å²) >= 11 is 17.7. The van der Waals surface area contributed by atoms with Gasteiger partial charge in [0.1, 0.15) is 0 Å². The standard InChI is InChI=1S/C17H18Cl3NO4/c1-3-24-16(22)13-9-21(17(23)25-10(2)18)7-6-12(13)11-4-5-14(19)15(20)8-11/h4-5,8,10H,3,6-7,9H2,1-2H3. The number of alkyl halides is 1. The molecule has 25 heavy (non-hydrogen) atoms. The molecule has 8 heteroatoms. The average Bonchev–Trinajstić information content (AvgIpc) is 2.56. The summed E-state index contributed by atoms with van der Waals surface area (Å²) in [4.78, 5) is 25.9. The number of carbonyl (C=O) groups is 2. The second kappa shape index (κ2) is 8.79. The van der Waals surface area contributed by atoms with E-state index in [4.69, 9.17) is 44.3 Å². The summed E-state index contributed by atoms with van der Waals surface area (Å²) in [6, 6.07) is 5.16. The molecule has 2 rings (SSSR count). The van der Waals surface area contributed by atoms with Crippen molar-refractivity contribution in [2.24, 2.45) is 0 Å². The van der Waals surface area contributed by atoms with E-state index in [0.29, 0.717) is 28.6 Å². The second-order valence-corrected chi connectivity index (χ2v) is 6.83. The van der Waals surface area contributed by atoms with Crippen LogP contribution in [-0.4, -0.2) is 42.2 Å². The summed E-state index contributed by atoms with van der Waals surface area (Å²) in [5.74, 6) is -0.472. The molecule has 1 aromatic carbocycles. The van der Waals surface area contributed by atoms with Gasteiger partial charge in [0, 0.05) is 6.54 Å². The number of rotatable bonds is 4. The van der Waals surface area contributed by atoms with Gasteiger partial charge in [0.05, 0.1) is 28.8 Å². The van der Waals surface area contributed by atoms with Crippen LogP contribution < -0.4 is 0 Å². The molecule has 1 unspecified atom stereocenters. The van der Waals surface area contributed by atoms with E-state index >= 15 is 0 Å². The molecule has 0 saturated carbocycles. The Morgan fingerprint density at radius 2 is 2.00 bits per heavy atom. The minimum atomic E-state index is -0.751. The van der Waals surface area contributed by atoms with Gasteiger partial charge in [-0.3, -0.25) is 0 Å². The Morgan fingerprint density at radius 3 is 2.60 bits per heavy atom. The summed E-state index contributed by atoms with van der Waals surface area (Å²) in [5, 5.41) is 0.827. The van der Waals surface area contributed by atoms with Gasteiger partial charge in [-0.25, -0.2) is 9.59 Å². The highest BCUT2D eigenvalue weighted by Gasteiger charge is 2.29. The van der Waals surface area contributed by atoms with Gasteiger partial charge in [-0.05, 0) is 43.5 Å². The molecule has 1 aliphatic rings. The van der Waals surface area contributed by atoms with Crippen LogP contribution in [0, 0.1) is 0 Å². The second-order valence-electron chi connectivity index (χ2n) is 5.40. The molecule has 0 N–H and O–H groups in total. The van der Waals surface area contributed by atoms with Gasteiger partial charge in [-0.15, -0.1) is 0 Å². The summed E-state index contributed by atoms with van der Waals surface area (Å²) in [6.45, 7) is 3.98. The number of esters is 1. The lowest BCUT2D eigenvalue weighted by Crippen LogP contribution is -2.39. The molecule has 0 saturated heterocycles. The molecule has 0 fully saturated rings. The SMILES string of the molecule is CCOC(=O)C1=C(c2ccc(Cl)c(Cl)c2)CCN(C(=O)OC(C)Cl)C1. The van der Waals surface area contributed by atoms with Gasteiger partial charge in [-0.2, -0.15) is 0 Å². The molecule has 1 atom stereocenters. The largest absolute Gasteiger partial charge is 0.463 e. The number of hydrogen-bond acceptors (Lipinski definition) is 4. The van der Waals surface area contributed by atoms with Gasteiger partial charge in [0.25, 0.3) is 0 Å². The lowest BCUT2D eigenvalue weighted by atomic mass is 9.93.